The fourth-order valence-electron chi connectivity index (χ4n) is 10.2. The number of rotatable bonds is 46. The molecule has 0 bridgehead atoms. The van der Waals surface area contributed by atoms with Crippen molar-refractivity contribution in [3.63, 3.8) is 0 Å². The van der Waals surface area contributed by atoms with Gasteiger partial charge in [-0.05, 0) is 68.0 Å². The SMILES string of the molecule is CCCCc1ccc(C2=C(C)C=C(c3cccc(CCCC)c3)[N+]2=[N-])cc1.[CH2-]CCCCCCCCCCCCCCCCCCCCC.[CH2-]CCCCCCCCCCCCCCCCCCCCC.[Ni+2]. The summed E-state index contributed by atoms with van der Waals surface area (Å²) in [6.45, 7) is 18.9. The third kappa shape index (κ3) is 39.4. The first-order chi connectivity index (χ1) is 35.0. The monoisotopic (exact) mass is 1030 g/mol. The van der Waals surface area contributed by atoms with Crippen LogP contribution in [0.1, 0.15) is 339 Å². The molecule has 0 spiro atoms. The molecule has 3 rings (SSSR count). The summed E-state index contributed by atoms with van der Waals surface area (Å²) in [6, 6.07) is 17.2. The number of benzene rings is 2. The van der Waals surface area contributed by atoms with E-state index in [1.807, 2.05) is 0 Å². The first kappa shape index (κ1) is 70.0. The van der Waals surface area contributed by atoms with Gasteiger partial charge >= 0.3 is 16.5 Å². The van der Waals surface area contributed by atoms with Crippen molar-refractivity contribution >= 4 is 11.4 Å². The molecule has 0 amide bonds. The maximum absolute atomic E-state index is 10.9. The van der Waals surface area contributed by atoms with Crippen LogP contribution in [0.5, 0.6) is 0 Å². The van der Waals surface area contributed by atoms with Gasteiger partial charge < -0.3 is 19.4 Å². The minimum Gasteiger partial charge on any atom is -0.493 e. The Kier molecular flexibility index (Phi) is 52.3. The smallest absolute Gasteiger partial charge is 0.493 e. The topological polar surface area (TPSA) is 25.3 Å². The zero-order valence-corrected chi connectivity index (χ0v) is 49.8. The Bertz CT molecular complexity index is 1440. The van der Waals surface area contributed by atoms with Gasteiger partial charge in [0.25, 0.3) is 0 Å². The van der Waals surface area contributed by atoms with Crippen molar-refractivity contribution in [2.24, 2.45) is 0 Å². The molecule has 1 aliphatic rings. The van der Waals surface area contributed by atoms with Crippen LogP contribution in [0.2, 0.25) is 0 Å². The summed E-state index contributed by atoms with van der Waals surface area (Å²) in [5.74, 6) is 0. The molecule has 0 unspecified atom stereocenters. The van der Waals surface area contributed by atoms with E-state index in [0.717, 1.165) is 53.8 Å². The predicted octanol–water partition coefficient (Wildman–Crippen LogP) is 24.5. The van der Waals surface area contributed by atoms with Gasteiger partial charge in [-0.2, -0.15) is 12.8 Å². The standard InChI is InChI=1S/C25H30N2.2C22H45.Ni/c1-4-6-9-20-13-15-22(16-14-20)25-19(3)17-24(27(25)26)23-12-8-11-21(18-23)10-7-5-2;2*1-3-5-7-9-11-13-15-17-19-21-22-20-18-16-14-12-10-8-6-4-2;/h8,11-18H,4-7,9-10H2,1-3H3;2*1,3-22H2,2H3;/q;2*-1;+2. The second-order valence-corrected chi connectivity index (χ2v) is 21.9. The number of allylic oxidation sites excluding steroid dienone is 2. The second kappa shape index (κ2) is 53.8. The minimum atomic E-state index is 0. The molecule has 0 fully saturated rings. The number of hydrogen-bond acceptors (Lipinski definition) is 0. The average molecular weight is 1040 g/mol. The molecule has 1 aliphatic heterocycles. The van der Waals surface area contributed by atoms with Crippen molar-refractivity contribution in [3.8, 4) is 0 Å². The summed E-state index contributed by atoms with van der Waals surface area (Å²) >= 11 is 0. The van der Waals surface area contributed by atoms with Crippen LogP contribution in [-0.2, 0) is 29.3 Å². The van der Waals surface area contributed by atoms with Crippen LogP contribution >= 0.6 is 0 Å². The van der Waals surface area contributed by atoms with Crippen LogP contribution in [0.25, 0.3) is 16.9 Å². The molecule has 0 radical (unpaired) electrons. The van der Waals surface area contributed by atoms with Crippen molar-refractivity contribution < 1.29 is 21.2 Å². The number of hydrogen-bond donors (Lipinski definition) is 0. The third-order valence-corrected chi connectivity index (χ3v) is 15.0. The normalized spacial score (nSPS) is 12.1. The molecule has 2 nitrogen and oxygen atoms in total. The summed E-state index contributed by atoms with van der Waals surface area (Å²) in [5.41, 5.74) is 18.6. The molecule has 0 N–H and O–H groups in total. The largest absolute Gasteiger partial charge is 2.00 e. The molecule has 3 heteroatoms. The van der Waals surface area contributed by atoms with Crippen LogP contribution in [-0.4, -0.2) is 4.70 Å². The Morgan fingerprint density at radius 2 is 0.667 bits per heavy atom. The van der Waals surface area contributed by atoms with Crippen LogP contribution in [0.3, 0.4) is 0 Å². The van der Waals surface area contributed by atoms with Gasteiger partial charge in [0, 0.05) is 22.8 Å². The van der Waals surface area contributed by atoms with E-state index in [1.54, 1.807) is 0 Å². The molecule has 1 heterocycles. The zero-order valence-electron chi connectivity index (χ0n) is 48.8. The molecule has 0 atom stereocenters. The Morgan fingerprint density at radius 3 is 0.986 bits per heavy atom. The van der Waals surface area contributed by atoms with Crippen LogP contribution in [0, 0.1) is 13.8 Å². The van der Waals surface area contributed by atoms with Gasteiger partial charge in [-0.3, -0.25) is 0 Å². The fourth-order valence-corrected chi connectivity index (χ4v) is 10.2. The van der Waals surface area contributed by atoms with E-state index in [1.165, 1.54) is 285 Å². The van der Waals surface area contributed by atoms with E-state index in [0.29, 0.717) is 0 Å². The van der Waals surface area contributed by atoms with Crippen LogP contribution < -0.4 is 0 Å². The van der Waals surface area contributed by atoms with Crippen molar-refractivity contribution in [1.82, 2.24) is 0 Å². The number of nitrogens with zero attached hydrogens (tertiary/aromatic N) is 2. The molecule has 72 heavy (non-hydrogen) atoms. The average Bonchev–Trinajstić information content (AvgIpc) is 3.69. The van der Waals surface area contributed by atoms with Crippen LogP contribution in [0.4, 0.5) is 0 Å². The maximum Gasteiger partial charge on any atom is 2.00 e. The van der Waals surface area contributed by atoms with Gasteiger partial charge in [0.15, 0.2) is 0 Å². The van der Waals surface area contributed by atoms with Gasteiger partial charge in [0.05, 0.1) is 0 Å². The van der Waals surface area contributed by atoms with E-state index >= 15 is 0 Å². The van der Waals surface area contributed by atoms with E-state index in [-0.39, 0.29) is 16.5 Å². The van der Waals surface area contributed by atoms with Gasteiger partial charge in [0.1, 0.15) is 0 Å². The quantitative estimate of drug-likeness (QED) is 0.0273. The van der Waals surface area contributed by atoms with E-state index in [2.05, 4.69) is 103 Å². The third-order valence-electron chi connectivity index (χ3n) is 15.0. The van der Waals surface area contributed by atoms with Crippen molar-refractivity contribution in [3.05, 3.63) is 102 Å². The molecular weight excluding hydrogens is 915 g/mol. The predicted molar refractivity (Wildman–Crippen MR) is 321 cm³/mol. The van der Waals surface area contributed by atoms with Crippen molar-refractivity contribution in [2.45, 2.75) is 330 Å². The van der Waals surface area contributed by atoms with E-state index in [9.17, 15) is 5.53 Å². The summed E-state index contributed by atoms with van der Waals surface area (Å²) in [4.78, 5) is 0. The summed E-state index contributed by atoms with van der Waals surface area (Å²) < 4.78 is 1.36. The molecule has 2 aromatic carbocycles. The molecule has 416 valence electrons. The van der Waals surface area contributed by atoms with E-state index < -0.39 is 0 Å². The second-order valence-electron chi connectivity index (χ2n) is 21.9. The zero-order chi connectivity index (χ0) is 51.5. The molecular formula is C69H120N2Ni. The summed E-state index contributed by atoms with van der Waals surface area (Å²) in [5, 5.41) is 0. The fraction of sp³-hybridized carbons (Fsp3) is 0.739. The Balaban J connectivity index is 0.00000105. The Hall–Kier alpha value is -1.99. The Labute approximate surface area is 461 Å². The van der Waals surface area contributed by atoms with Crippen molar-refractivity contribution in [2.75, 3.05) is 0 Å². The van der Waals surface area contributed by atoms with Crippen LogP contribution in [0.15, 0.2) is 60.2 Å². The molecule has 0 aromatic heterocycles. The Morgan fingerprint density at radius 1 is 0.361 bits per heavy atom. The van der Waals surface area contributed by atoms with Gasteiger partial charge in [-0.1, -0.05) is 309 Å². The minimum absolute atomic E-state index is 0. The van der Waals surface area contributed by atoms with Crippen molar-refractivity contribution in [1.29, 1.82) is 0 Å². The number of unbranched alkanes of at least 4 members (excludes halogenated alkanes) is 40. The maximum atomic E-state index is 10.9. The molecule has 0 aliphatic carbocycles. The van der Waals surface area contributed by atoms with Gasteiger partial charge in [-0.25, -0.2) is 4.70 Å². The van der Waals surface area contributed by atoms with Gasteiger partial charge in [0.2, 0.25) is 11.4 Å². The number of aryl methyl sites for hydroxylation is 2. The van der Waals surface area contributed by atoms with Gasteiger partial charge in [-0.15, -0.1) is 0 Å². The first-order valence-electron chi connectivity index (χ1n) is 31.7. The molecule has 0 saturated heterocycles. The first-order valence-corrected chi connectivity index (χ1v) is 31.7. The van der Waals surface area contributed by atoms with E-state index in [4.69, 9.17) is 0 Å². The molecule has 2 aromatic rings. The summed E-state index contributed by atoms with van der Waals surface area (Å²) in [7, 11) is 0. The molecule has 0 saturated carbocycles. The summed E-state index contributed by atoms with van der Waals surface area (Å²) in [6.07, 6.45) is 66.7.